The fourth-order valence-corrected chi connectivity index (χ4v) is 2.56. The van der Waals surface area contributed by atoms with E-state index in [2.05, 4.69) is 5.10 Å². The van der Waals surface area contributed by atoms with E-state index in [4.69, 9.17) is 16.9 Å². The molecule has 1 aromatic heterocycles. The van der Waals surface area contributed by atoms with Gasteiger partial charge in [-0.25, -0.2) is 0 Å². The number of hydrogen-bond donors (Lipinski definition) is 3. The van der Waals surface area contributed by atoms with E-state index in [1.165, 1.54) is 0 Å². The molecule has 5 N–H and O–H groups in total. The molecule has 3 aromatic rings. The average molecular weight is 293 g/mol. The number of aryl methyl sites for hydroxylation is 1. The molecular weight excluding hydrogens is 278 g/mol. The standard InChI is InChI=1S/C16H15N5O/c1-21-8-10(7-20-21)11-4-2-3-9-5-14(16(19)22)13(15(17)18)6-12(9)11/h2-8H,1H3,(H3,17,18)(H2,19,22). The van der Waals surface area contributed by atoms with Gasteiger partial charge in [0.1, 0.15) is 5.84 Å². The molecule has 110 valence electrons. The number of benzene rings is 2. The zero-order chi connectivity index (χ0) is 15.9. The highest BCUT2D eigenvalue weighted by molar-refractivity contribution is 6.12. The SMILES string of the molecule is Cn1cc(-c2cccc3cc(C(N)=O)c(C(=N)N)cc23)cn1. The highest BCUT2D eigenvalue weighted by Gasteiger charge is 2.14. The Morgan fingerprint density at radius 2 is 2.00 bits per heavy atom. The number of primary amides is 1. The zero-order valence-corrected chi connectivity index (χ0v) is 12.0. The third kappa shape index (κ3) is 2.20. The van der Waals surface area contributed by atoms with Crippen LogP contribution < -0.4 is 11.5 Å². The number of nitrogens with zero attached hydrogens (tertiary/aromatic N) is 2. The molecular formula is C16H15N5O. The Morgan fingerprint density at radius 1 is 1.23 bits per heavy atom. The highest BCUT2D eigenvalue weighted by Crippen LogP contribution is 2.30. The Hall–Kier alpha value is -3.15. The van der Waals surface area contributed by atoms with Crippen LogP contribution in [0.3, 0.4) is 0 Å². The summed E-state index contributed by atoms with van der Waals surface area (Å²) in [6, 6.07) is 9.18. The first-order chi connectivity index (χ1) is 10.5. The second kappa shape index (κ2) is 5.00. The molecule has 0 aliphatic heterocycles. The van der Waals surface area contributed by atoms with Gasteiger partial charge in [0.2, 0.25) is 5.91 Å². The zero-order valence-electron chi connectivity index (χ0n) is 12.0. The fourth-order valence-electron chi connectivity index (χ4n) is 2.56. The van der Waals surface area contributed by atoms with Gasteiger partial charge in [-0.3, -0.25) is 14.9 Å². The Kier molecular flexibility index (Phi) is 3.14. The molecule has 3 rings (SSSR count). The van der Waals surface area contributed by atoms with E-state index < -0.39 is 5.91 Å². The summed E-state index contributed by atoms with van der Waals surface area (Å²) < 4.78 is 1.72. The number of rotatable bonds is 3. The maximum Gasteiger partial charge on any atom is 0.249 e. The maximum absolute atomic E-state index is 11.6. The lowest BCUT2D eigenvalue weighted by Gasteiger charge is -2.10. The van der Waals surface area contributed by atoms with Crippen LogP contribution in [0.4, 0.5) is 0 Å². The van der Waals surface area contributed by atoms with Crippen LogP contribution in [0.15, 0.2) is 42.7 Å². The molecule has 1 amide bonds. The number of amides is 1. The molecule has 0 fully saturated rings. The summed E-state index contributed by atoms with van der Waals surface area (Å²) >= 11 is 0. The van der Waals surface area contributed by atoms with Crippen molar-refractivity contribution < 1.29 is 4.79 Å². The van der Waals surface area contributed by atoms with Crippen molar-refractivity contribution in [3.05, 3.63) is 53.9 Å². The van der Waals surface area contributed by atoms with Crippen LogP contribution in [-0.4, -0.2) is 21.5 Å². The number of nitrogens with one attached hydrogen (secondary N) is 1. The van der Waals surface area contributed by atoms with Crippen LogP contribution in [0.1, 0.15) is 15.9 Å². The summed E-state index contributed by atoms with van der Waals surface area (Å²) in [6.07, 6.45) is 3.68. The molecule has 0 aliphatic rings. The molecule has 2 aromatic carbocycles. The third-order valence-electron chi connectivity index (χ3n) is 3.59. The summed E-state index contributed by atoms with van der Waals surface area (Å²) in [7, 11) is 1.85. The summed E-state index contributed by atoms with van der Waals surface area (Å²) in [5, 5.41) is 13.6. The molecule has 6 heteroatoms. The molecule has 0 bridgehead atoms. The molecule has 1 heterocycles. The number of aromatic nitrogens is 2. The van der Waals surface area contributed by atoms with Gasteiger partial charge >= 0.3 is 0 Å². The van der Waals surface area contributed by atoms with Crippen LogP contribution in [0.5, 0.6) is 0 Å². The van der Waals surface area contributed by atoms with E-state index in [1.54, 1.807) is 23.0 Å². The lowest BCUT2D eigenvalue weighted by atomic mass is 9.94. The summed E-state index contributed by atoms with van der Waals surface area (Å²) in [6.45, 7) is 0. The second-order valence-corrected chi connectivity index (χ2v) is 5.11. The van der Waals surface area contributed by atoms with Gasteiger partial charge in [-0.2, -0.15) is 5.10 Å². The van der Waals surface area contributed by atoms with Crippen LogP contribution >= 0.6 is 0 Å². The van der Waals surface area contributed by atoms with Crippen molar-refractivity contribution in [2.24, 2.45) is 18.5 Å². The molecule has 0 radical (unpaired) electrons. The monoisotopic (exact) mass is 293 g/mol. The number of nitrogen functional groups attached to an aromatic ring is 1. The van der Waals surface area contributed by atoms with Crippen molar-refractivity contribution in [3.63, 3.8) is 0 Å². The van der Waals surface area contributed by atoms with Crippen molar-refractivity contribution in [1.29, 1.82) is 5.41 Å². The minimum Gasteiger partial charge on any atom is -0.384 e. The van der Waals surface area contributed by atoms with Crippen LogP contribution in [0.25, 0.3) is 21.9 Å². The first kappa shape index (κ1) is 13.8. The van der Waals surface area contributed by atoms with Gasteiger partial charge in [-0.1, -0.05) is 18.2 Å². The molecule has 0 aliphatic carbocycles. The van der Waals surface area contributed by atoms with Crippen molar-refractivity contribution in [2.75, 3.05) is 0 Å². The van der Waals surface area contributed by atoms with E-state index >= 15 is 0 Å². The Labute approximate surface area is 126 Å². The number of nitrogens with two attached hydrogens (primary N) is 2. The normalized spacial score (nSPS) is 10.8. The summed E-state index contributed by atoms with van der Waals surface area (Å²) in [4.78, 5) is 11.6. The first-order valence-electron chi connectivity index (χ1n) is 6.67. The lowest BCUT2D eigenvalue weighted by Crippen LogP contribution is -2.20. The predicted molar refractivity (Wildman–Crippen MR) is 85.7 cm³/mol. The minimum absolute atomic E-state index is 0.184. The number of carbonyl (C=O) groups is 1. The number of amidine groups is 1. The van der Waals surface area contributed by atoms with E-state index in [0.717, 1.165) is 21.9 Å². The smallest absolute Gasteiger partial charge is 0.249 e. The Balaban J connectivity index is 2.35. The maximum atomic E-state index is 11.6. The van der Waals surface area contributed by atoms with Crippen molar-refractivity contribution in [1.82, 2.24) is 9.78 Å². The van der Waals surface area contributed by atoms with Gasteiger partial charge in [0.15, 0.2) is 0 Å². The van der Waals surface area contributed by atoms with E-state index in [0.29, 0.717) is 5.56 Å². The van der Waals surface area contributed by atoms with Crippen molar-refractivity contribution >= 4 is 22.5 Å². The molecule has 0 atom stereocenters. The fraction of sp³-hybridized carbons (Fsp3) is 0.0625. The Bertz CT molecular complexity index is 910. The van der Waals surface area contributed by atoms with Crippen LogP contribution in [0, 0.1) is 5.41 Å². The number of carbonyl (C=O) groups excluding carboxylic acids is 1. The first-order valence-corrected chi connectivity index (χ1v) is 6.67. The topological polar surface area (TPSA) is 111 Å². The van der Waals surface area contributed by atoms with E-state index in [9.17, 15) is 4.79 Å². The molecule has 6 nitrogen and oxygen atoms in total. The minimum atomic E-state index is -0.598. The number of hydrogen-bond acceptors (Lipinski definition) is 3. The molecule has 22 heavy (non-hydrogen) atoms. The van der Waals surface area contributed by atoms with Crippen LogP contribution in [0.2, 0.25) is 0 Å². The number of fused-ring (bicyclic) bond motifs is 1. The van der Waals surface area contributed by atoms with E-state index in [1.807, 2.05) is 31.4 Å². The van der Waals surface area contributed by atoms with Gasteiger partial charge < -0.3 is 11.5 Å². The highest BCUT2D eigenvalue weighted by atomic mass is 16.1. The molecule has 0 saturated carbocycles. The lowest BCUT2D eigenvalue weighted by molar-refractivity contribution is 0.1000. The molecule has 0 spiro atoms. The van der Waals surface area contributed by atoms with Crippen molar-refractivity contribution in [2.45, 2.75) is 0 Å². The van der Waals surface area contributed by atoms with Gasteiger partial charge in [-0.15, -0.1) is 0 Å². The predicted octanol–water partition coefficient (Wildman–Crippen LogP) is 1.62. The largest absolute Gasteiger partial charge is 0.384 e. The van der Waals surface area contributed by atoms with Gasteiger partial charge in [0, 0.05) is 24.4 Å². The summed E-state index contributed by atoms with van der Waals surface area (Å²) in [5.74, 6) is -0.782. The van der Waals surface area contributed by atoms with Crippen molar-refractivity contribution in [3.8, 4) is 11.1 Å². The molecule has 0 saturated heterocycles. The third-order valence-corrected chi connectivity index (χ3v) is 3.59. The average Bonchev–Trinajstić information content (AvgIpc) is 2.91. The van der Waals surface area contributed by atoms with E-state index in [-0.39, 0.29) is 11.4 Å². The van der Waals surface area contributed by atoms with Gasteiger partial charge in [-0.05, 0) is 28.5 Å². The second-order valence-electron chi connectivity index (χ2n) is 5.11. The quantitative estimate of drug-likeness (QED) is 0.504. The summed E-state index contributed by atoms with van der Waals surface area (Å²) in [5.41, 5.74) is 13.5. The molecule has 0 unspecified atom stereocenters. The van der Waals surface area contributed by atoms with Crippen LogP contribution in [-0.2, 0) is 7.05 Å². The van der Waals surface area contributed by atoms with Gasteiger partial charge in [0.25, 0.3) is 0 Å². The van der Waals surface area contributed by atoms with Gasteiger partial charge in [0.05, 0.1) is 11.8 Å². The Morgan fingerprint density at radius 3 is 2.59 bits per heavy atom.